The smallest absolute Gasteiger partial charge is 0.241 e. The van der Waals surface area contributed by atoms with Crippen LogP contribution in [0.15, 0.2) is 36.5 Å². The number of nitrogens with one attached hydrogen (secondary N) is 1. The number of rotatable bonds is 9. The summed E-state index contributed by atoms with van der Waals surface area (Å²) in [6.07, 6.45) is 3.49. The van der Waals surface area contributed by atoms with Gasteiger partial charge < -0.3 is 25.6 Å². The summed E-state index contributed by atoms with van der Waals surface area (Å²) in [5.74, 6) is 0.204. The molecule has 0 saturated carbocycles. The fraction of sp³-hybridized carbons (Fsp3) is 0.480. The van der Waals surface area contributed by atoms with Crippen molar-refractivity contribution in [3.8, 4) is 5.75 Å². The summed E-state index contributed by atoms with van der Waals surface area (Å²) in [4.78, 5) is 33.0. The predicted octanol–water partition coefficient (Wildman–Crippen LogP) is 3.02. The van der Waals surface area contributed by atoms with Crippen LogP contribution in [0.25, 0.3) is 0 Å². The summed E-state index contributed by atoms with van der Waals surface area (Å²) >= 11 is 0. The number of carbonyl (C=O) groups excluding carboxylic acids is 2. The minimum atomic E-state index is -1.12. The van der Waals surface area contributed by atoms with Crippen LogP contribution >= 0.6 is 0 Å². The Morgan fingerprint density at radius 1 is 1.09 bits per heavy atom. The normalized spacial score (nSPS) is 16.4. The summed E-state index contributed by atoms with van der Waals surface area (Å²) in [5.41, 5.74) is 8.38. The van der Waals surface area contributed by atoms with Crippen LogP contribution in [0, 0.1) is 5.41 Å². The lowest BCUT2D eigenvalue weighted by Gasteiger charge is -2.25. The Morgan fingerprint density at radius 2 is 1.79 bits per heavy atom. The lowest BCUT2D eigenvalue weighted by atomic mass is 9.90. The van der Waals surface area contributed by atoms with Crippen molar-refractivity contribution in [2.24, 2.45) is 11.1 Å². The molecular formula is C25H35N5O3. The van der Waals surface area contributed by atoms with E-state index < -0.39 is 5.41 Å². The highest BCUT2D eigenvalue weighted by atomic mass is 16.5. The fourth-order valence-corrected chi connectivity index (χ4v) is 3.93. The number of nitrogens with two attached hydrogens (primary N) is 1. The molecule has 1 aliphatic heterocycles. The molecule has 1 aromatic heterocycles. The lowest BCUT2D eigenvalue weighted by molar-refractivity contribution is -0.137. The maximum absolute atomic E-state index is 12.8. The molecule has 3 N–H and O–H groups in total. The molecule has 1 aliphatic rings. The Balaban J connectivity index is 1.53. The average molecular weight is 454 g/mol. The molecule has 1 unspecified atom stereocenters. The van der Waals surface area contributed by atoms with E-state index >= 15 is 0 Å². The first kappa shape index (κ1) is 24.7. The molecule has 0 spiro atoms. The fourth-order valence-electron chi connectivity index (χ4n) is 3.93. The van der Waals surface area contributed by atoms with Gasteiger partial charge in [-0.2, -0.15) is 0 Å². The average Bonchev–Trinajstić information content (AvgIpc) is 2.87. The first-order valence-corrected chi connectivity index (χ1v) is 11.4. The van der Waals surface area contributed by atoms with Crippen molar-refractivity contribution in [1.82, 2.24) is 10.3 Å². The van der Waals surface area contributed by atoms with Crippen molar-refractivity contribution in [2.45, 2.75) is 46.2 Å². The van der Waals surface area contributed by atoms with Gasteiger partial charge in [-0.3, -0.25) is 14.6 Å². The lowest BCUT2D eigenvalue weighted by Crippen LogP contribution is -2.46. The summed E-state index contributed by atoms with van der Waals surface area (Å²) in [5, 5.41) is 3.42. The van der Waals surface area contributed by atoms with Gasteiger partial charge in [0.05, 0.1) is 23.7 Å². The van der Waals surface area contributed by atoms with Crippen LogP contribution in [0.5, 0.6) is 5.75 Å². The highest BCUT2D eigenvalue weighted by Crippen LogP contribution is 2.39. The van der Waals surface area contributed by atoms with Crippen LogP contribution < -0.4 is 25.6 Å². The van der Waals surface area contributed by atoms with E-state index in [1.807, 2.05) is 30.3 Å². The van der Waals surface area contributed by atoms with Gasteiger partial charge in [0, 0.05) is 38.9 Å². The molecule has 178 valence electrons. The number of hydrogen-bond acceptors (Lipinski definition) is 6. The van der Waals surface area contributed by atoms with Gasteiger partial charge >= 0.3 is 0 Å². The molecule has 8 heteroatoms. The second kappa shape index (κ2) is 10.3. The molecule has 0 fully saturated rings. The summed E-state index contributed by atoms with van der Waals surface area (Å²) in [6, 6.07) is 9.50. The minimum Gasteiger partial charge on any atom is -0.493 e. The van der Waals surface area contributed by atoms with Gasteiger partial charge in [-0.05, 0) is 63.1 Å². The van der Waals surface area contributed by atoms with Crippen molar-refractivity contribution < 1.29 is 14.3 Å². The topological polar surface area (TPSA) is 101 Å². The van der Waals surface area contributed by atoms with E-state index in [0.29, 0.717) is 23.7 Å². The number of fused-ring (bicyclic) bond motifs is 1. The van der Waals surface area contributed by atoms with Gasteiger partial charge in [0.2, 0.25) is 11.8 Å². The van der Waals surface area contributed by atoms with Gasteiger partial charge in [-0.1, -0.05) is 6.92 Å². The Bertz CT molecular complexity index is 1010. The number of benzene rings is 1. The minimum absolute atomic E-state index is 0.0300. The van der Waals surface area contributed by atoms with Crippen molar-refractivity contribution in [2.75, 3.05) is 37.0 Å². The molecule has 8 nitrogen and oxygen atoms in total. The predicted molar refractivity (Wildman–Crippen MR) is 130 cm³/mol. The quantitative estimate of drug-likeness (QED) is 0.447. The van der Waals surface area contributed by atoms with E-state index in [1.165, 1.54) is 0 Å². The third-order valence-electron chi connectivity index (χ3n) is 6.11. The molecule has 1 atom stereocenters. The molecule has 33 heavy (non-hydrogen) atoms. The van der Waals surface area contributed by atoms with E-state index in [4.69, 9.17) is 10.5 Å². The van der Waals surface area contributed by atoms with Gasteiger partial charge in [0.1, 0.15) is 11.2 Å². The van der Waals surface area contributed by atoms with Gasteiger partial charge in [0.15, 0.2) is 0 Å². The maximum atomic E-state index is 12.8. The van der Waals surface area contributed by atoms with E-state index in [1.54, 1.807) is 43.9 Å². The number of aromatic nitrogens is 1. The zero-order valence-electron chi connectivity index (χ0n) is 20.2. The number of hydrogen-bond donors (Lipinski definition) is 2. The number of anilines is 2. The largest absolute Gasteiger partial charge is 0.493 e. The van der Waals surface area contributed by atoms with Crippen molar-refractivity contribution in [1.29, 1.82) is 0 Å². The Labute approximate surface area is 196 Å². The third-order valence-corrected chi connectivity index (χ3v) is 6.11. The molecule has 2 aromatic rings. The molecular weight excluding hydrogens is 418 g/mol. The molecule has 0 radical (unpaired) electrons. The van der Waals surface area contributed by atoms with E-state index in [0.717, 1.165) is 37.2 Å². The zero-order chi connectivity index (χ0) is 24.2. The number of ether oxygens (including phenoxy) is 1. The Kier molecular flexibility index (Phi) is 7.71. The third kappa shape index (κ3) is 5.34. The molecule has 2 amide bonds. The van der Waals surface area contributed by atoms with E-state index in [2.05, 4.69) is 17.2 Å². The Morgan fingerprint density at radius 3 is 2.48 bits per heavy atom. The van der Waals surface area contributed by atoms with Gasteiger partial charge in [0.25, 0.3) is 0 Å². The maximum Gasteiger partial charge on any atom is 0.241 e. The first-order chi connectivity index (χ1) is 15.7. The first-order valence-electron chi connectivity index (χ1n) is 11.4. The van der Waals surface area contributed by atoms with Crippen molar-refractivity contribution in [3.05, 3.63) is 47.8 Å². The number of carbonyl (C=O) groups is 2. The molecule has 3 rings (SSSR count). The van der Waals surface area contributed by atoms with E-state index in [-0.39, 0.29) is 17.9 Å². The zero-order valence-corrected chi connectivity index (χ0v) is 20.2. The second-order valence-corrected chi connectivity index (χ2v) is 8.99. The van der Waals surface area contributed by atoms with Crippen LogP contribution in [0.3, 0.4) is 0 Å². The number of pyridine rings is 1. The van der Waals surface area contributed by atoms with Crippen LogP contribution in [0.2, 0.25) is 0 Å². The summed E-state index contributed by atoms with van der Waals surface area (Å²) in [6.45, 7) is 7.44. The SMILES string of the molecule is CCC(N)c1cc(CNCCCOc2ccc3c(c2)N(C)C(=O)C(C)(C)C(=O)N3C)ccn1. The molecule has 2 heterocycles. The highest BCUT2D eigenvalue weighted by Gasteiger charge is 2.44. The number of nitrogens with zero attached hydrogens (tertiary/aromatic N) is 3. The van der Waals surface area contributed by atoms with Crippen LogP contribution in [-0.4, -0.2) is 44.0 Å². The van der Waals surface area contributed by atoms with E-state index in [9.17, 15) is 9.59 Å². The van der Waals surface area contributed by atoms with Gasteiger partial charge in [-0.25, -0.2) is 0 Å². The van der Waals surface area contributed by atoms with Crippen molar-refractivity contribution in [3.63, 3.8) is 0 Å². The summed E-state index contributed by atoms with van der Waals surface area (Å²) in [7, 11) is 3.39. The standard InChI is InChI=1S/C25H35N5O3/c1-6-19(26)20-14-17(10-12-28-20)16-27-11-7-13-33-18-8-9-21-22(15-18)30(5)24(32)25(2,3)23(31)29(21)4/h8-10,12,14-15,19,27H,6-7,11,13,16,26H2,1-5H3. The molecule has 0 saturated heterocycles. The Hall–Kier alpha value is -2.97. The molecule has 0 aliphatic carbocycles. The molecule has 0 bridgehead atoms. The van der Waals surface area contributed by atoms with Crippen LogP contribution in [-0.2, 0) is 16.1 Å². The van der Waals surface area contributed by atoms with Crippen molar-refractivity contribution >= 4 is 23.2 Å². The monoisotopic (exact) mass is 453 g/mol. The van der Waals surface area contributed by atoms with Crippen LogP contribution in [0.1, 0.15) is 50.9 Å². The van der Waals surface area contributed by atoms with Crippen LogP contribution in [0.4, 0.5) is 11.4 Å². The summed E-state index contributed by atoms with van der Waals surface area (Å²) < 4.78 is 5.92. The van der Waals surface area contributed by atoms with Gasteiger partial charge in [-0.15, -0.1) is 0 Å². The molecule has 1 aromatic carbocycles. The highest BCUT2D eigenvalue weighted by molar-refractivity contribution is 6.19. The second-order valence-electron chi connectivity index (χ2n) is 8.99. The number of amides is 2.